The summed E-state index contributed by atoms with van der Waals surface area (Å²) in [6.45, 7) is 4.27. The van der Waals surface area contributed by atoms with E-state index in [1.807, 2.05) is 6.07 Å². The first-order valence-corrected chi connectivity index (χ1v) is 5.69. The second-order valence-electron chi connectivity index (χ2n) is 4.23. The Hall–Kier alpha value is -1.22. The summed E-state index contributed by atoms with van der Waals surface area (Å²) in [6.07, 6.45) is 1.19. The first kappa shape index (κ1) is 11.3. The van der Waals surface area contributed by atoms with Crippen LogP contribution < -0.4 is 14.8 Å². The minimum absolute atomic E-state index is 0.587. The van der Waals surface area contributed by atoms with Gasteiger partial charge in [0.1, 0.15) is 11.5 Å². The summed E-state index contributed by atoms with van der Waals surface area (Å²) in [5.74, 6) is 2.38. The molecule has 0 radical (unpaired) electrons. The Bertz CT molecular complexity index is 370. The van der Waals surface area contributed by atoms with Crippen molar-refractivity contribution in [3.63, 3.8) is 0 Å². The van der Waals surface area contributed by atoms with Gasteiger partial charge in [-0.3, -0.25) is 0 Å². The van der Waals surface area contributed by atoms with Gasteiger partial charge in [-0.1, -0.05) is 0 Å². The lowest BCUT2D eigenvalue weighted by Gasteiger charge is -2.17. The molecule has 0 saturated carbocycles. The maximum Gasteiger partial charge on any atom is 0.125 e. The van der Waals surface area contributed by atoms with Gasteiger partial charge in [0.25, 0.3) is 0 Å². The van der Waals surface area contributed by atoms with Gasteiger partial charge in [-0.25, -0.2) is 0 Å². The van der Waals surface area contributed by atoms with Crippen molar-refractivity contribution in [2.45, 2.75) is 19.3 Å². The van der Waals surface area contributed by atoms with E-state index >= 15 is 0 Å². The van der Waals surface area contributed by atoms with Crippen molar-refractivity contribution in [1.29, 1.82) is 0 Å². The molecule has 3 heteroatoms. The second kappa shape index (κ2) is 4.74. The van der Waals surface area contributed by atoms with Crippen molar-refractivity contribution in [2.75, 3.05) is 27.3 Å². The number of rotatable bonds is 3. The minimum atomic E-state index is 0.587. The average Bonchev–Trinajstić information content (AvgIpc) is 2.83. The highest BCUT2D eigenvalue weighted by Gasteiger charge is 2.21. The van der Waals surface area contributed by atoms with Crippen LogP contribution in [0.3, 0.4) is 0 Å². The molecule has 1 heterocycles. The lowest BCUT2D eigenvalue weighted by atomic mass is 9.93. The number of benzene rings is 1. The molecule has 0 bridgehead atoms. The standard InChI is InChI=1S/C13H19NO2/c1-9-12(10-4-5-14-8-10)6-11(15-2)7-13(9)16-3/h6-7,10,14H,4-5,8H2,1-3H3. The highest BCUT2D eigenvalue weighted by molar-refractivity contribution is 5.47. The average molecular weight is 221 g/mol. The summed E-state index contributed by atoms with van der Waals surface area (Å²) in [4.78, 5) is 0. The molecule has 2 rings (SSSR count). The van der Waals surface area contributed by atoms with Crippen LogP contribution in [-0.4, -0.2) is 27.3 Å². The third-order valence-electron chi connectivity index (χ3n) is 3.33. The fourth-order valence-electron chi connectivity index (χ4n) is 2.36. The summed E-state index contributed by atoms with van der Waals surface area (Å²) in [6, 6.07) is 4.08. The molecule has 0 aromatic heterocycles. The molecule has 1 atom stereocenters. The largest absolute Gasteiger partial charge is 0.497 e. The Kier molecular flexibility index (Phi) is 3.34. The molecule has 0 amide bonds. The highest BCUT2D eigenvalue weighted by atomic mass is 16.5. The van der Waals surface area contributed by atoms with Gasteiger partial charge < -0.3 is 14.8 Å². The van der Waals surface area contributed by atoms with Crippen molar-refractivity contribution in [3.8, 4) is 11.5 Å². The smallest absolute Gasteiger partial charge is 0.125 e. The van der Waals surface area contributed by atoms with Crippen LogP contribution >= 0.6 is 0 Å². The third kappa shape index (κ3) is 2.00. The molecule has 1 aromatic rings. The zero-order valence-corrected chi connectivity index (χ0v) is 10.2. The topological polar surface area (TPSA) is 30.5 Å². The molecule has 1 fully saturated rings. The summed E-state index contributed by atoms with van der Waals surface area (Å²) in [7, 11) is 3.40. The molecular formula is C13H19NO2. The predicted octanol–water partition coefficient (Wildman–Crippen LogP) is 2.09. The molecule has 0 aliphatic carbocycles. The lowest BCUT2D eigenvalue weighted by Crippen LogP contribution is -2.09. The molecule has 3 nitrogen and oxygen atoms in total. The molecule has 1 N–H and O–H groups in total. The molecule has 16 heavy (non-hydrogen) atoms. The molecule has 1 aliphatic rings. The van der Waals surface area contributed by atoms with E-state index in [0.29, 0.717) is 5.92 Å². The van der Waals surface area contributed by atoms with Gasteiger partial charge in [0.15, 0.2) is 0 Å². The zero-order valence-electron chi connectivity index (χ0n) is 10.2. The third-order valence-corrected chi connectivity index (χ3v) is 3.33. The van der Waals surface area contributed by atoms with Crippen molar-refractivity contribution < 1.29 is 9.47 Å². The van der Waals surface area contributed by atoms with Crippen LogP contribution in [0.1, 0.15) is 23.5 Å². The van der Waals surface area contributed by atoms with Crippen molar-refractivity contribution in [2.24, 2.45) is 0 Å². The number of hydrogen-bond acceptors (Lipinski definition) is 3. The Morgan fingerprint density at radius 3 is 2.62 bits per heavy atom. The summed E-state index contributed by atoms with van der Waals surface area (Å²) in [5, 5.41) is 3.39. The van der Waals surface area contributed by atoms with Gasteiger partial charge in [-0.2, -0.15) is 0 Å². The fraction of sp³-hybridized carbons (Fsp3) is 0.538. The van der Waals surface area contributed by atoms with Crippen LogP contribution in [0.5, 0.6) is 11.5 Å². The minimum Gasteiger partial charge on any atom is -0.497 e. The SMILES string of the molecule is COc1cc(OC)c(C)c(C2CCNC2)c1. The highest BCUT2D eigenvalue weighted by Crippen LogP contribution is 2.34. The van der Waals surface area contributed by atoms with Crippen molar-refractivity contribution in [3.05, 3.63) is 23.3 Å². The van der Waals surface area contributed by atoms with E-state index in [0.717, 1.165) is 24.6 Å². The number of nitrogens with one attached hydrogen (secondary N) is 1. The van der Waals surface area contributed by atoms with Crippen molar-refractivity contribution in [1.82, 2.24) is 5.32 Å². The molecular weight excluding hydrogens is 202 g/mol. The van der Waals surface area contributed by atoms with Crippen LogP contribution in [-0.2, 0) is 0 Å². The van der Waals surface area contributed by atoms with E-state index in [1.54, 1.807) is 14.2 Å². The van der Waals surface area contributed by atoms with E-state index in [9.17, 15) is 0 Å². The van der Waals surface area contributed by atoms with E-state index in [1.165, 1.54) is 17.5 Å². The van der Waals surface area contributed by atoms with Gasteiger partial charge >= 0.3 is 0 Å². The van der Waals surface area contributed by atoms with Gasteiger partial charge in [0, 0.05) is 12.6 Å². The van der Waals surface area contributed by atoms with Gasteiger partial charge in [0.05, 0.1) is 14.2 Å². The molecule has 1 aromatic carbocycles. The van der Waals surface area contributed by atoms with Crippen LogP contribution in [0.4, 0.5) is 0 Å². The monoisotopic (exact) mass is 221 g/mol. The molecule has 88 valence electrons. The molecule has 1 aliphatic heterocycles. The molecule has 0 spiro atoms. The lowest BCUT2D eigenvalue weighted by molar-refractivity contribution is 0.390. The molecule has 1 saturated heterocycles. The predicted molar refractivity (Wildman–Crippen MR) is 64.5 cm³/mol. The van der Waals surface area contributed by atoms with E-state index in [4.69, 9.17) is 9.47 Å². The number of ether oxygens (including phenoxy) is 2. The quantitative estimate of drug-likeness (QED) is 0.847. The van der Waals surface area contributed by atoms with E-state index in [-0.39, 0.29) is 0 Å². The first-order valence-electron chi connectivity index (χ1n) is 5.69. The molecule has 1 unspecified atom stereocenters. The van der Waals surface area contributed by atoms with Crippen molar-refractivity contribution >= 4 is 0 Å². The second-order valence-corrected chi connectivity index (χ2v) is 4.23. The Balaban J connectivity index is 2.41. The van der Waals surface area contributed by atoms with Gasteiger partial charge in [-0.15, -0.1) is 0 Å². The van der Waals surface area contributed by atoms with Crippen LogP contribution in [0, 0.1) is 6.92 Å². The Morgan fingerprint density at radius 1 is 1.25 bits per heavy atom. The maximum atomic E-state index is 5.39. The first-order chi connectivity index (χ1) is 7.76. The van der Waals surface area contributed by atoms with Crippen LogP contribution in [0.25, 0.3) is 0 Å². The van der Waals surface area contributed by atoms with E-state index in [2.05, 4.69) is 18.3 Å². The summed E-state index contributed by atoms with van der Waals surface area (Å²) >= 11 is 0. The normalized spacial score (nSPS) is 19.8. The maximum absolute atomic E-state index is 5.39. The van der Waals surface area contributed by atoms with Gasteiger partial charge in [-0.05, 0) is 43.0 Å². The summed E-state index contributed by atoms with van der Waals surface area (Å²) < 4.78 is 10.7. The van der Waals surface area contributed by atoms with E-state index < -0.39 is 0 Å². The zero-order chi connectivity index (χ0) is 11.5. The number of methoxy groups -OCH3 is 2. The fourth-order valence-corrected chi connectivity index (χ4v) is 2.36. The van der Waals surface area contributed by atoms with Crippen LogP contribution in [0.2, 0.25) is 0 Å². The Morgan fingerprint density at radius 2 is 2.06 bits per heavy atom. The number of hydrogen-bond donors (Lipinski definition) is 1. The summed E-state index contributed by atoms with van der Waals surface area (Å²) in [5.41, 5.74) is 2.58. The Labute approximate surface area is 96.8 Å². The van der Waals surface area contributed by atoms with Gasteiger partial charge in [0.2, 0.25) is 0 Å². The van der Waals surface area contributed by atoms with Crippen LogP contribution in [0.15, 0.2) is 12.1 Å².